The van der Waals surface area contributed by atoms with Gasteiger partial charge in [-0.3, -0.25) is 4.79 Å². The molecule has 0 radical (unpaired) electrons. The third kappa shape index (κ3) is 6.52. The molecule has 0 heterocycles. The summed E-state index contributed by atoms with van der Waals surface area (Å²) in [5.41, 5.74) is 0.949. The Balaban J connectivity index is 2.64. The summed E-state index contributed by atoms with van der Waals surface area (Å²) < 4.78 is 5.09. The molecule has 0 aliphatic carbocycles. The Morgan fingerprint density at radius 3 is 2.30 bits per heavy atom. The maximum atomic E-state index is 12.4. The summed E-state index contributed by atoms with van der Waals surface area (Å²) in [5, 5.41) is 11.6. The standard InChI is InChI=1S/C17H25NO4S/c1-5-23-16(11(2)3)17(21)18-12(4)13-6-8-14(9-7-13)22-10-15(19)20/h6-9,11-12,16H,5,10H2,1-4H3,(H,18,21)(H,19,20). The van der Waals surface area contributed by atoms with Crippen molar-refractivity contribution in [1.82, 2.24) is 5.32 Å². The summed E-state index contributed by atoms with van der Waals surface area (Å²) in [4.78, 5) is 22.8. The van der Waals surface area contributed by atoms with E-state index >= 15 is 0 Å². The number of carbonyl (C=O) groups is 2. The van der Waals surface area contributed by atoms with Crippen molar-refractivity contribution < 1.29 is 19.4 Å². The molecule has 0 spiro atoms. The van der Waals surface area contributed by atoms with Gasteiger partial charge in [-0.25, -0.2) is 4.79 Å². The molecule has 0 saturated heterocycles. The van der Waals surface area contributed by atoms with E-state index in [4.69, 9.17) is 9.84 Å². The number of hydrogen-bond acceptors (Lipinski definition) is 4. The van der Waals surface area contributed by atoms with Crippen molar-refractivity contribution >= 4 is 23.6 Å². The van der Waals surface area contributed by atoms with E-state index in [2.05, 4.69) is 5.32 Å². The summed E-state index contributed by atoms with van der Waals surface area (Å²) >= 11 is 1.65. The molecule has 1 rings (SSSR count). The highest BCUT2D eigenvalue weighted by Gasteiger charge is 2.23. The number of carboxylic acid groups (broad SMARTS) is 1. The van der Waals surface area contributed by atoms with Crippen LogP contribution in [0.15, 0.2) is 24.3 Å². The quantitative estimate of drug-likeness (QED) is 0.723. The monoisotopic (exact) mass is 339 g/mol. The lowest BCUT2D eigenvalue weighted by Gasteiger charge is -2.22. The van der Waals surface area contributed by atoms with Gasteiger partial charge in [0.1, 0.15) is 5.75 Å². The van der Waals surface area contributed by atoms with E-state index in [1.54, 1.807) is 23.9 Å². The molecule has 0 bridgehead atoms. The normalized spacial score (nSPS) is 13.4. The van der Waals surface area contributed by atoms with Crippen molar-refractivity contribution in [3.05, 3.63) is 29.8 Å². The predicted octanol–water partition coefficient (Wildman–Crippen LogP) is 3.10. The molecule has 0 aliphatic heterocycles. The van der Waals surface area contributed by atoms with Crippen LogP contribution < -0.4 is 10.1 Å². The zero-order chi connectivity index (χ0) is 17.4. The van der Waals surface area contributed by atoms with Crippen LogP contribution in [0.5, 0.6) is 5.75 Å². The van der Waals surface area contributed by atoms with Crippen molar-refractivity contribution in [2.45, 2.75) is 39.0 Å². The summed E-state index contributed by atoms with van der Waals surface area (Å²) in [6, 6.07) is 6.97. The minimum Gasteiger partial charge on any atom is -0.482 e. The fourth-order valence-electron chi connectivity index (χ4n) is 2.13. The van der Waals surface area contributed by atoms with Gasteiger partial charge >= 0.3 is 5.97 Å². The second kappa shape index (κ2) is 9.45. The molecular formula is C17H25NO4S. The van der Waals surface area contributed by atoms with Gasteiger partial charge in [-0.15, -0.1) is 11.8 Å². The van der Waals surface area contributed by atoms with E-state index in [-0.39, 0.29) is 29.7 Å². The first-order chi connectivity index (χ1) is 10.8. The molecule has 1 aromatic carbocycles. The minimum atomic E-state index is -1.01. The largest absolute Gasteiger partial charge is 0.482 e. The number of aliphatic carboxylic acids is 1. The van der Waals surface area contributed by atoms with Crippen LogP contribution in [-0.2, 0) is 9.59 Å². The van der Waals surface area contributed by atoms with Crippen LogP contribution in [0.3, 0.4) is 0 Å². The molecule has 1 aromatic rings. The first-order valence-corrected chi connectivity index (χ1v) is 8.76. The number of amides is 1. The molecule has 0 saturated carbocycles. The lowest BCUT2D eigenvalue weighted by molar-refractivity contribution is -0.139. The topological polar surface area (TPSA) is 75.6 Å². The Morgan fingerprint density at radius 2 is 1.83 bits per heavy atom. The number of carboxylic acids is 1. The van der Waals surface area contributed by atoms with Crippen LogP contribution in [0.25, 0.3) is 0 Å². The van der Waals surface area contributed by atoms with Crippen molar-refractivity contribution in [3.63, 3.8) is 0 Å². The average Bonchev–Trinajstić information content (AvgIpc) is 2.50. The minimum absolute atomic E-state index is 0.0468. The number of benzene rings is 1. The number of nitrogens with one attached hydrogen (secondary N) is 1. The lowest BCUT2D eigenvalue weighted by Crippen LogP contribution is -2.37. The summed E-state index contributed by atoms with van der Waals surface area (Å²) in [6.07, 6.45) is 0. The maximum absolute atomic E-state index is 12.4. The summed E-state index contributed by atoms with van der Waals surface area (Å²) in [7, 11) is 0. The number of thioether (sulfide) groups is 1. The van der Waals surface area contributed by atoms with E-state index in [0.29, 0.717) is 5.75 Å². The van der Waals surface area contributed by atoms with Crippen LogP contribution in [0, 0.1) is 5.92 Å². The van der Waals surface area contributed by atoms with Gasteiger partial charge in [-0.1, -0.05) is 32.9 Å². The Bertz CT molecular complexity index is 516. The second-order valence-electron chi connectivity index (χ2n) is 5.60. The van der Waals surface area contributed by atoms with Crippen LogP contribution in [0.4, 0.5) is 0 Å². The number of carbonyl (C=O) groups excluding carboxylic acids is 1. The molecule has 6 heteroatoms. The van der Waals surface area contributed by atoms with Crippen molar-refractivity contribution in [1.29, 1.82) is 0 Å². The van der Waals surface area contributed by atoms with Gasteiger partial charge in [0.15, 0.2) is 6.61 Å². The molecule has 2 atom stereocenters. The molecular weight excluding hydrogens is 314 g/mol. The first kappa shape index (κ1) is 19.4. The maximum Gasteiger partial charge on any atom is 0.341 e. The van der Waals surface area contributed by atoms with Crippen LogP contribution in [0.1, 0.15) is 39.3 Å². The number of hydrogen-bond donors (Lipinski definition) is 2. The van der Waals surface area contributed by atoms with Crippen molar-refractivity contribution in [2.24, 2.45) is 5.92 Å². The predicted molar refractivity (Wildman–Crippen MR) is 92.9 cm³/mol. The van der Waals surface area contributed by atoms with E-state index in [1.807, 2.05) is 39.8 Å². The Kier molecular flexibility index (Phi) is 7.95. The highest BCUT2D eigenvalue weighted by molar-refractivity contribution is 8.00. The van der Waals surface area contributed by atoms with Gasteiger partial charge in [-0.2, -0.15) is 0 Å². The third-order valence-corrected chi connectivity index (χ3v) is 4.76. The third-order valence-electron chi connectivity index (χ3n) is 3.31. The zero-order valence-electron chi connectivity index (χ0n) is 14.0. The second-order valence-corrected chi connectivity index (χ2v) is 7.02. The summed E-state index contributed by atoms with van der Waals surface area (Å²) in [6.45, 7) is 7.71. The number of rotatable bonds is 9. The fourth-order valence-corrected chi connectivity index (χ4v) is 3.09. The smallest absolute Gasteiger partial charge is 0.341 e. The zero-order valence-corrected chi connectivity index (χ0v) is 14.9. The van der Waals surface area contributed by atoms with Crippen molar-refractivity contribution in [2.75, 3.05) is 12.4 Å². The number of ether oxygens (including phenoxy) is 1. The molecule has 23 heavy (non-hydrogen) atoms. The molecule has 2 N–H and O–H groups in total. The van der Waals surface area contributed by atoms with E-state index in [1.165, 1.54) is 0 Å². The van der Waals surface area contributed by atoms with Gasteiger partial charge < -0.3 is 15.2 Å². The molecule has 0 aromatic heterocycles. The Morgan fingerprint density at radius 1 is 1.22 bits per heavy atom. The SMILES string of the molecule is CCSC(C(=O)NC(C)c1ccc(OCC(=O)O)cc1)C(C)C. The fraction of sp³-hybridized carbons (Fsp3) is 0.529. The summed E-state index contributed by atoms with van der Waals surface area (Å²) in [5.74, 6) is 0.712. The van der Waals surface area contributed by atoms with E-state index in [0.717, 1.165) is 11.3 Å². The van der Waals surface area contributed by atoms with Gasteiger partial charge in [0.25, 0.3) is 0 Å². The van der Waals surface area contributed by atoms with Crippen LogP contribution in [0.2, 0.25) is 0 Å². The van der Waals surface area contributed by atoms with Crippen LogP contribution in [-0.4, -0.2) is 34.6 Å². The highest BCUT2D eigenvalue weighted by Crippen LogP contribution is 2.22. The van der Waals surface area contributed by atoms with Gasteiger partial charge in [-0.05, 0) is 36.3 Å². The molecule has 5 nitrogen and oxygen atoms in total. The molecule has 128 valence electrons. The van der Waals surface area contributed by atoms with Gasteiger partial charge in [0.05, 0.1) is 11.3 Å². The molecule has 1 amide bonds. The molecule has 2 unspecified atom stereocenters. The average molecular weight is 339 g/mol. The van der Waals surface area contributed by atoms with Crippen molar-refractivity contribution in [3.8, 4) is 5.75 Å². The Labute approximate surface area is 141 Å². The molecule has 0 fully saturated rings. The lowest BCUT2D eigenvalue weighted by atomic mass is 10.1. The van der Waals surface area contributed by atoms with Gasteiger partial charge in [0.2, 0.25) is 5.91 Å². The van der Waals surface area contributed by atoms with Gasteiger partial charge in [0, 0.05) is 0 Å². The highest BCUT2D eigenvalue weighted by atomic mass is 32.2. The Hall–Kier alpha value is -1.69. The first-order valence-electron chi connectivity index (χ1n) is 7.71. The van der Waals surface area contributed by atoms with E-state index < -0.39 is 5.97 Å². The van der Waals surface area contributed by atoms with Crippen LogP contribution >= 0.6 is 11.8 Å². The molecule has 0 aliphatic rings. The van der Waals surface area contributed by atoms with E-state index in [9.17, 15) is 9.59 Å².